The second-order valence-corrected chi connectivity index (χ2v) is 6.12. The number of methoxy groups -OCH3 is 1. The lowest BCUT2D eigenvalue weighted by Gasteiger charge is -2.26. The molecule has 26 heavy (non-hydrogen) atoms. The first kappa shape index (κ1) is 17.9. The smallest absolute Gasteiger partial charge is 0.433 e. The summed E-state index contributed by atoms with van der Waals surface area (Å²) in [6.07, 6.45) is 4.37. The van der Waals surface area contributed by atoms with Gasteiger partial charge in [0, 0.05) is 5.92 Å². The number of nitrogens with zero attached hydrogens (tertiary/aromatic N) is 1. The highest BCUT2D eigenvalue weighted by atomic mass is 19.1. The van der Waals surface area contributed by atoms with Gasteiger partial charge < -0.3 is 9.47 Å². The number of hydrogen-bond donors (Lipinski definition) is 1. The summed E-state index contributed by atoms with van der Waals surface area (Å²) in [6.45, 7) is 0. The Morgan fingerprint density at radius 1 is 1.23 bits per heavy atom. The molecular weight excluding hydrogens is 337 g/mol. The predicted molar refractivity (Wildman–Crippen MR) is 93.7 cm³/mol. The Morgan fingerprint density at radius 3 is 2.73 bits per heavy atom. The molecule has 1 aliphatic rings. The number of carbonyl (C=O) groups is 1. The van der Waals surface area contributed by atoms with Gasteiger partial charge in [-0.05, 0) is 54.8 Å². The van der Waals surface area contributed by atoms with E-state index < -0.39 is 6.09 Å². The van der Waals surface area contributed by atoms with Crippen molar-refractivity contribution in [3.63, 3.8) is 0 Å². The van der Waals surface area contributed by atoms with E-state index in [9.17, 15) is 14.4 Å². The van der Waals surface area contributed by atoms with E-state index in [-0.39, 0.29) is 17.8 Å². The van der Waals surface area contributed by atoms with Crippen LogP contribution in [0.2, 0.25) is 0 Å². The van der Waals surface area contributed by atoms with Crippen LogP contribution in [-0.2, 0) is 11.2 Å². The maximum atomic E-state index is 13.0. The number of rotatable bonds is 5. The van der Waals surface area contributed by atoms with Crippen molar-refractivity contribution in [2.24, 2.45) is 5.92 Å². The van der Waals surface area contributed by atoms with E-state index in [1.165, 1.54) is 19.2 Å². The van der Waals surface area contributed by atoms with Crippen LogP contribution in [0, 0.1) is 11.7 Å². The van der Waals surface area contributed by atoms with Crippen molar-refractivity contribution in [1.82, 2.24) is 5.06 Å². The molecule has 0 aliphatic heterocycles. The molecule has 0 unspecified atom stereocenters. The first-order valence-electron chi connectivity index (χ1n) is 8.32. The molecule has 2 aromatic carbocycles. The molecule has 1 aliphatic carbocycles. The van der Waals surface area contributed by atoms with Crippen molar-refractivity contribution in [2.75, 3.05) is 7.11 Å². The number of ether oxygens (including phenoxy) is 2. The molecular formula is C20H20FNO4. The Bertz CT molecular complexity index is 791. The first-order chi connectivity index (χ1) is 12.6. The van der Waals surface area contributed by atoms with Gasteiger partial charge in [0.2, 0.25) is 0 Å². The number of hydroxylamine groups is 2. The number of hydrogen-bond acceptors (Lipinski definition) is 4. The van der Waals surface area contributed by atoms with Gasteiger partial charge >= 0.3 is 6.09 Å². The van der Waals surface area contributed by atoms with Crippen LogP contribution in [0.25, 0.3) is 0 Å². The van der Waals surface area contributed by atoms with Crippen molar-refractivity contribution in [2.45, 2.75) is 18.9 Å². The van der Waals surface area contributed by atoms with Crippen molar-refractivity contribution in [1.29, 1.82) is 0 Å². The van der Waals surface area contributed by atoms with E-state index in [1.54, 1.807) is 12.1 Å². The Morgan fingerprint density at radius 2 is 2.00 bits per heavy atom. The van der Waals surface area contributed by atoms with Crippen LogP contribution >= 0.6 is 0 Å². The number of carbonyl (C=O) groups excluding carboxylic acids is 1. The monoisotopic (exact) mass is 357 g/mol. The molecule has 3 rings (SSSR count). The molecule has 0 aromatic heterocycles. The van der Waals surface area contributed by atoms with E-state index in [4.69, 9.17) is 4.74 Å². The van der Waals surface area contributed by atoms with E-state index >= 15 is 0 Å². The van der Waals surface area contributed by atoms with E-state index in [0.29, 0.717) is 29.4 Å². The van der Waals surface area contributed by atoms with Gasteiger partial charge in [0.1, 0.15) is 17.3 Å². The van der Waals surface area contributed by atoms with Crippen LogP contribution in [0.4, 0.5) is 9.18 Å². The average molecular weight is 357 g/mol. The third-order valence-corrected chi connectivity index (χ3v) is 4.35. The largest absolute Gasteiger partial charge is 0.457 e. The van der Waals surface area contributed by atoms with Gasteiger partial charge in [0.25, 0.3) is 0 Å². The van der Waals surface area contributed by atoms with Crippen LogP contribution in [0.1, 0.15) is 12.0 Å². The summed E-state index contributed by atoms with van der Waals surface area (Å²) in [7, 11) is 1.24. The Balaban J connectivity index is 1.69. The highest BCUT2D eigenvalue weighted by Crippen LogP contribution is 2.29. The SMILES string of the molecule is COC(=O)N(O)[C@@H]1CC=C[C@H]1Cc1cccc(Oc2ccc(F)cc2)c1. The summed E-state index contributed by atoms with van der Waals surface area (Å²) in [5.41, 5.74) is 1.00. The third-order valence-electron chi connectivity index (χ3n) is 4.35. The fourth-order valence-corrected chi connectivity index (χ4v) is 3.06. The zero-order valence-electron chi connectivity index (χ0n) is 14.3. The lowest BCUT2D eigenvalue weighted by Crippen LogP contribution is -2.40. The second-order valence-electron chi connectivity index (χ2n) is 6.12. The minimum atomic E-state index is -0.767. The zero-order valence-corrected chi connectivity index (χ0v) is 14.3. The molecule has 2 atom stereocenters. The average Bonchev–Trinajstić information content (AvgIpc) is 3.10. The van der Waals surface area contributed by atoms with Gasteiger partial charge in [-0.25, -0.2) is 9.18 Å². The minimum absolute atomic E-state index is 0.0276. The maximum Gasteiger partial charge on any atom is 0.433 e. The van der Waals surface area contributed by atoms with Gasteiger partial charge in [-0.15, -0.1) is 0 Å². The van der Waals surface area contributed by atoms with Crippen molar-refractivity contribution in [3.8, 4) is 11.5 Å². The summed E-state index contributed by atoms with van der Waals surface area (Å²) in [4.78, 5) is 11.6. The third kappa shape index (κ3) is 4.21. The summed E-state index contributed by atoms with van der Waals surface area (Å²) < 4.78 is 23.3. The van der Waals surface area contributed by atoms with Crippen LogP contribution in [-0.4, -0.2) is 29.5 Å². The lowest BCUT2D eigenvalue weighted by molar-refractivity contribution is -0.107. The molecule has 0 spiro atoms. The normalized spacial score (nSPS) is 18.6. The lowest BCUT2D eigenvalue weighted by atomic mass is 9.94. The quantitative estimate of drug-likeness (QED) is 0.484. The molecule has 5 nitrogen and oxygen atoms in total. The predicted octanol–water partition coefficient (Wildman–Crippen LogP) is 4.56. The first-order valence-corrected chi connectivity index (χ1v) is 8.32. The molecule has 0 radical (unpaired) electrons. The fraction of sp³-hybridized carbons (Fsp3) is 0.250. The van der Waals surface area contributed by atoms with Crippen LogP contribution in [0.3, 0.4) is 0 Å². The van der Waals surface area contributed by atoms with Crippen molar-refractivity contribution in [3.05, 3.63) is 72.1 Å². The van der Waals surface area contributed by atoms with Gasteiger partial charge in [0.15, 0.2) is 0 Å². The highest BCUT2D eigenvalue weighted by molar-refractivity contribution is 5.66. The van der Waals surface area contributed by atoms with Crippen LogP contribution in [0.5, 0.6) is 11.5 Å². The summed E-state index contributed by atoms with van der Waals surface area (Å²) in [5, 5.41) is 10.7. The van der Waals surface area contributed by atoms with Crippen molar-refractivity contribution >= 4 is 6.09 Å². The topological polar surface area (TPSA) is 59.0 Å². The highest BCUT2D eigenvalue weighted by Gasteiger charge is 2.31. The van der Waals surface area contributed by atoms with E-state index in [2.05, 4.69) is 4.74 Å². The molecule has 0 heterocycles. The van der Waals surface area contributed by atoms with Gasteiger partial charge in [-0.3, -0.25) is 5.21 Å². The number of benzene rings is 2. The molecule has 1 N–H and O–H groups in total. The zero-order chi connectivity index (χ0) is 18.5. The molecule has 2 aromatic rings. The van der Waals surface area contributed by atoms with Crippen LogP contribution in [0.15, 0.2) is 60.7 Å². The van der Waals surface area contributed by atoms with E-state index in [1.807, 2.05) is 36.4 Å². The molecule has 6 heteroatoms. The molecule has 1 amide bonds. The number of halogens is 1. The number of amides is 1. The summed E-state index contributed by atoms with van der Waals surface area (Å²) in [5.74, 6) is 0.848. The second kappa shape index (κ2) is 8.01. The minimum Gasteiger partial charge on any atom is -0.457 e. The summed E-state index contributed by atoms with van der Waals surface area (Å²) >= 11 is 0. The van der Waals surface area contributed by atoms with Gasteiger partial charge in [-0.1, -0.05) is 24.3 Å². The summed E-state index contributed by atoms with van der Waals surface area (Å²) in [6, 6.07) is 13.0. The molecule has 0 saturated carbocycles. The van der Waals surface area contributed by atoms with Gasteiger partial charge in [-0.2, -0.15) is 5.06 Å². The van der Waals surface area contributed by atoms with Crippen LogP contribution < -0.4 is 4.74 Å². The Labute approximate surface area is 151 Å². The molecule has 0 fully saturated rings. The molecule has 0 saturated heterocycles. The Kier molecular flexibility index (Phi) is 5.53. The molecule has 0 bridgehead atoms. The fourth-order valence-electron chi connectivity index (χ4n) is 3.06. The molecule has 136 valence electrons. The maximum absolute atomic E-state index is 13.0. The van der Waals surface area contributed by atoms with Crippen molar-refractivity contribution < 1.29 is 23.9 Å². The Hall–Kier alpha value is -2.86. The van der Waals surface area contributed by atoms with Gasteiger partial charge in [0.05, 0.1) is 13.2 Å². The van der Waals surface area contributed by atoms with E-state index in [0.717, 1.165) is 5.56 Å². The standard InChI is InChI=1S/C20H20FNO4/c1-25-20(23)22(24)19-7-3-5-15(19)12-14-4-2-6-18(13-14)26-17-10-8-16(21)9-11-17/h2-6,8-11,13,15,19,24H,7,12H2,1H3/t15-,19+/m0/s1.